The third-order valence-electron chi connectivity index (χ3n) is 4.77. The summed E-state index contributed by atoms with van der Waals surface area (Å²) >= 11 is 0. The Labute approximate surface area is 161 Å². The maximum atomic E-state index is 5.08. The van der Waals surface area contributed by atoms with Gasteiger partial charge in [-0.15, -0.1) is 0 Å². The summed E-state index contributed by atoms with van der Waals surface area (Å²) in [4.78, 5) is 11.4. The molecule has 0 unspecified atom stereocenters. The molecule has 6 rings (SSSR count). The van der Waals surface area contributed by atoms with E-state index in [9.17, 15) is 0 Å². The Morgan fingerprint density at radius 2 is 1.79 bits per heavy atom. The van der Waals surface area contributed by atoms with Gasteiger partial charge < -0.3 is 14.6 Å². The number of hydrogen-bond acceptors (Lipinski definition) is 6. The van der Waals surface area contributed by atoms with Gasteiger partial charge in [-0.25, -0.2) is 0 Å². The molecule has 0 saturated carbocycles. The molecule has 7 heteroatoms. The van der Waals surface area contributed by atoms with Crippen LogP contribution in [-0.4, -0.2) is 33.3 Å². The average Bonchev–Trinajstić information content (AvgIpc) is 3.48. The Bertz CT molecular complexity index is 1150. The van der Waals surface area contributed by atoms with Crippen LogP contribution >= 0.6 is 0 Å². The summed E-state index contributed by atoms with van der Waals surface area (Å²) in [6.07, 6.45) is 0.895. The molecule has 1 aromatic carbocycles. The fourth-order valence-electron chi connectivity index (χ4n) is 3.48. The van der Waals surface area contributed by atoms with Crippen LogP contribution in [0.5, 0.6) is 0 Å². The molecule has 1 aliphatic heterocycles. The zero-order valence-electron chi connectivity index (χ0n) is 15.5. The second-order valence-corrected chi connectivity index (χ2v) is 6.61. The number of nitrogens with one attached hydrogen (secondary N) is 2. The number of aromatic amines is 1. The first kappa shape index (κ1) is 16.6. The second kappa shape index (κ2) is 6.84. The lowest BCUT2D eigenvalue weighted by Gasteiger charge is -2.27. The molecule has 0 spiro atoms. The van der Waals surface area contributed by atoms with Crippen molar-refractivity contribution in [3.63, 3.8) is 0 Å². The lowest BCUT2D eigenvalue weighted by Crippen LogP contribution is -2.25. The van der Waals surface area contributed by atoms with Gasteiger partial charge in [-0.05, 0) is 43.3 Å². The molecule has 2 N–H and O–H groups in total. The van der Waals surface area contributed by atoms with E-state index >= 15 is 0 Å². The van der Waals surface area contributed by atoms with Crippen molar-refractivity contribution in [1.29, 1.82) is 0 Å². The molecule has 0 fully saturated rings. The second-order valence-electron chi connectivity index (χ2n) is 6.61. The number of fused-ring (bicyclic) bond motifs is 2. The minimum Gasteiger partial charge on any atom is -0.457 e. The van der Waals surface area contributed by atoms with Crippen molar-refractivity contribution in [3.05, 3.63) is 60.3 Å². The summed E-state index contributed by atoms with van der Waals surface area (Å²) in [7, 11) is 0. The minimum absolute atomic E-state index is 0.637. The number of anilines is 3. The first-order valence-electron chi connectivity index (χ1n) is 9.41. The van der Waals surface area contributed by atoms with Crippen LogP contribution in [0.2, 0.25) is 0 Å². The minimum atomic E-state index is 0.637. The molecule has 0 aliphatic carbocycles. The standard InChI is InChI=1S/C15H16N6.C6H4O/c1-2-16-15-17-13-12-11(19-20-13)8-9-21(14(12)18-15)10-6-4-3-5-7-10;1-2-6-4-3-5(1)7-6/h3-7H,2,8-9H2,1H3,(H2,16,17,18,19,20);1-4H. The van der Waals surface area contributed by atoms with E-state index in [1.165, 1.54) is 0 Å². The highest BCUT2D eigenvalue weighted by Gasteiger charge is 2.25. The smallest absolute Gasteiger partial charge is 0.226 e. The Balaban J connectivity index is 0.000000203. The van der Waals surface area contributed by atoms with Crippen LogP contribution in [0.1, 0.15) is 12.6 Å². The van der Waals surface area contributed by atoms with Crippen molar-refractivity contribution in [1.82, 2.24) is 20.2 Å². The number of furan rings is 2. The van der Waals surface area contributed by atoms with Gasteiger partial charge >= 0.3 is 0 Å². The molecule has 0 atom stereocenters. The summed E-state index contributed by atoms with van der Waals surface area (Å²) in [6.45, 7) is 3.70. The molecule has 2 bridgehead atoms. The molecule has 28 heavy (non-hydrogen) atoms. The molecule has 1 aliphatic rings. The van der Waals surface area contributed by atoms with Crippen LogP contribution < -0.4 is 10.2 Å². The van der Waals surface area contributed by atoms with E-state index < -0.39 is 0 Å². The third-order valence-corrected chi connectivity index (χ3v) is 4.77. The van der Waals surface area contributed by atoms with Gasteiger partial charge in [0.25, 0.3) is 0 Å². The monoisotopic (exact) mass is 372 g/mol. The Morgan fingerprint density at radius 3 is 2.43 bits per heavy atom. The van der Waals surface area contributed by atoms with Crippen LogP contribution in [0.3, 0.4) is 0 Å². The Morgan fingerprint density at radius 1 is 1.04 bits per heavy atom. The zero-order valence-corrected chi connectivity index (χ0v) is 15.5. The van der Waals surface area contributed by atoms with E-state index in [1.807, 2.05) is 49.4 Å². The quantitative estimate of drug-likeness (QED) is 0.490. The average molecular weight is 372 g/mol. The summed E-state index contributed by atoms with van der Waals surface area (Å²) < 4.78 is 5.08. The number of benzene rings is 2. The van der Waals surface area contributed by atoms with Crippen molar-refractivity contribution < 1.29 is 4.42 Å². The van der Waals surface area contributed by atoms with Crippen molar-refractivity contribution in [2.24, 2.45) is 0 Å². The summed E-state index contributed by atoms with van der Waals surface area (Å²) in [5, 5.41) is 11.6. The third kappa shape index (κ3) is 2.90. The van der Waals surface area contributed by atoms with Crippen molar-refractivity contribution in [3.8, 4) is 0 Å². The SMILES string of the molecule is CCNc1nc2c3c(n[nH]c3n1)CCN2c1ccccc1.c1cc2ccc1o2. The first-order valence-corrected chi connectivity index (χ1v) is 9.41. The predicted molar refractivity (Wildman–Crippen MR) is 110 cm³/mol. The summed E-state index contributed by atoms with van der Waals surface area (Å²) in [5.74, 6) is 1.56. The van der Waals surface area contributed by atoms with Gasteiger partial charge in [0.1, 0.15) is 17.0 Å². The Kier molecular flexibility index (Phi) is 4.05. The van der Waals surface area contributed by atoms with Gasteiger partial charge in [-0.3, -0.25) is 5.10 Å². The molecule has 5 aromatic rings. The van der Waals surface area contributed by atoms with Gasteiger partial charge in [-0.2, -0.15) is 15.1 Å². The molecule has 4 aromatic heterocycles. The van der Waals surface area contributed by atoms with E-state index in [0.29, 0.717) is 5.95 Å². The van der Waals surface area contributed by atoms with Crippen molar-refractivity contribution in [2.75, 3.05) is 23.3 Å². The fraction of sp³-hybridized carbons (Fsp3) is 0.190. The lowest BCUT2D eigenvalue weighted by atomic mass is 10.1. The molecular weight excluding hydrogens is 352 g/mol. The maximum absolute atomic E-state index is 5.08. The van der Waals surface area contributed by atoms with Crippen LogP contribution in [0.25, 0.3) is 22.2 Å². The molecule has 140 valence electrons. The van der Waals surface area contributed by atoms with Crippen molar-refractivity contribution in [2.45, 2.75) is 13.3 Å². The number of aromatic nitrogens is 4. The van der Waals surface area contributed by atoms with E-state index in [1.54, 1.807) is 0 Å². The van der Waals surface area contributed by atoms with Crippen LogP contribution in [0, 0.1) is 0 Å². The van der Waals surface area contributed by atoms with Gasteiger partial charge in [0, 0.05) is 25.2 Å². The topological polar surface area (TPSA) is 82.9 Å². The van der Waals surface area contributed by atoms with Gasteiger partial charge in [0.2, 0.25) is 5.95 Å². The number of hydrogen-bond donors (Lipinski definition) is 2. The fourth-order valence-corrected chi connectivity index (χ4v) is 3.48. The molecule has 5 heterocycles. The molecular formula is C21H20N6O. The number of rotatable bonds is 3. The van der Waals surface area contributed by atoms with E-state index in [2.05, 4.69) is 37.5 Å². The number of nitrogens with zero attached hydrogens (tertiary/aromatic N) is 4. The van der Waals surface area contributed by atoms with Gasteiger partial charge in [0.05, 0.1) is 11.1 Å². The summed E-state index contributed by atoms with van der Waals surface area (Å²) in [6, 6.07) is 18.1. The molecule has 0 amide bonds. The lowest BCUT2D eigenvalue weighted by molar-refractivity contribution is 0.675. The maximum Gasteiger partial charge on any atom is 0.226 e. The van der Waals surface area contributed by atoms with Crippen LogP contribution in [-0.2, 0) is 6.42 Å². The highest BCUT2D eigenvalue weighted by Crippen LogP contribution is 2.35. The molecule has 0 radical (unpaired) electrons. The number of para-hydroxylation sites is 1. The molecule has 7 nitrogen and oxygen atoms in total. The van der Waals surface area contributed by atoms with Gasteiger partial charge in [-0.1, -0.05) is 18.2 Å². The highest BCUT2D eigenvalue weighted by molar-refractivity contribution is 5.94. The van der Waals surface area contributed by atoms with E-state index in [4.69, 9.17) is 9.40 Å². The largest absolute Gasteiger partial charge is 0.457 e. The van der Waals surface area contributed by atoms with Crippen LogP contribution in [0.15, 0.2) is 59.0 Å². The van der Waals surface area contributed by atoms with E-state index in [-0.39, 0.29) is 0 Å². The van der Waals surface area contributed by atoms with Crippen LogP contribution in [0.4, 0.5) is 17.5 Å². The normalized spacial score (nSPS) is 13.0. The van der Waals surface area contributed by atoms with E-state index in [0.717, 1.165) is 58.9 Å². The first-order chi connectivity index (χ1) is 13.8. The molecule has 0 saturated heterocycles. The Hall–Kier alpha value is -3.61. The van der Waals surface area contributed by atoms with Gasteiger partial charge in [0.15, 0.2) is 5.65 Å². The number of H-pyrrole nitrogens is 1. The summed E-state index contributed by atoms with van der Waals surface area (Å²) in [5.41, 5.74) is 4.93. The predicted octanol–water partition coefficient (Wildman–Crippen LogP) is 4.35. The zero-order chi connectivity index (χ0) is 18.9. The highest BCUT2D eigenvalue weighted by atomic mass is 16.3. The van der Waals surface area contributed by atoms with Crippen molar-refractivity contribution >= 4 is 39.7 Å².